The molecule has 1 aromatic carbocycles. The number of aryl methyl sites for hydroxylation is 1. The third-order valence-electron chi connectivity index (χ3n) is 4.03. The minimum Gasteiger partial charge on any atom is -0.469 e. The minimum absolute atomic E-state index is 0.569. The largest absolute Gasteiger partial charge is 0.469 e. The maximum atomic E-state index is 10.6. The molecule has 1 saturated carbocycles. The van der Waals surface area contributed by atoms with Gasteiger partial charge in [-0.2, -0.15) is 0 Å². The monoisotopic (exact) mass is 242 g/mol. The first kappa shape index (κ1) is 11.5. The van der Waals surface area contributed by atoms with Crippen molar-refractivity contribution < 1.29 is 9.52 Å². The average Bonchev–Trinajstić information content (AvgIpc) is 2.73. The fourth-order valence-electron chi connectivity index (χ4n) is 2.70. The van der Waals surface area contributed by atoms with E-state index < -0.39 is 6.10 Å². The van der Waals surface area contributed by atoms with Gasteiger partial charge in [0.15, 0.2) is 0 Å². The maximum Gasteiger partial charge on any atom is 0.108 e. The Morgan fingerprint density at radius 1 is 1.17 bits per heavy atom. The van der Waals surface area contributed by atoms with E-state index in [-0.39, 0.29) is 0 Å². The van der Waals surface area contributed by atoms with Gasteiger partial charge < -0.3 is 9.52 Å². The Balaban J connectivity index is 1.98. The molecule has 0 bridgehead atoms. The zero-order valence-electron chi connectivity index (χ0n) is 10.6. The highest BCUT2D eigenvalue weighted by Gasteiger charge is 2.25. The first-order valence-electron chi connectivity index (χ1n) is 6.58. The summed E-state index contributed by atoms with van der Waals surface area (Å²) in [5, 5.41) is 10.6. The highest BCUT2D eigenvalue weighted by molar-refractivity contribution is 5.39. The van der Waals surface area contributed by atoms with Gasteiger partial charge >= 0.3 is 0 Å². The van der Waals surface area contributed by atoms with Crippen LogP contribution in [0.2, 0.25) is 0 Å². The number of rotatable bonds is 3. The van der Waals surface area contributed by atoms with E-state index in [0.717, 1.165) is 16.9 Å². The molecule has 2 aromatic rings. The molecule has 1 unspecified atom stereocenters. The van der Waals surface area contributed by atoms with Gasteiger partial charge in [-0.1, -0.05) is 30.7 Å². The fraction of sp³-hybridized carbons (Fsp3) is 0.375. The van der Waals surface area contributed by atoms with Crippen LogP contribution in [0.4, 0.5) is 0 Å². The molecule has 0 saturated heterocycles. The van der Waals surface area contributed by atoms with E-state index in [1.54, 1.807) is 6.26 Å². The third-order valence-corrected chi connectivity index (χ3v) is 4.03. The molecule has 1 N–H and O–H groups in total. The van der Waals surface area contributed by atoms with Gasteiger partial charge in [-0.05, 0) is 42.9 Å². The zero-order valence-corrected chi connectivity index (χ0v) is 10.6. The number of furan rings is 1. The van der Waals surface area contributed by atoms with Crippen molar-refractivity contribution in [2.75, 3.05) is 0 Å². The predicted molar refractivity (Wildman–Crippen MR) is 70.5 cm³/mol. The van der Waals surface area contributed by atoms with Crippen molar-refractivity contribution in [1.82, 2.24) is 0 Å². The molecule has 0 aliphatic heterocycles. The summed E-state index contributed by atoms with van der Waals surface area (Å²) in [4.78, 5) is 0. The molecular formula is C16H18O2. The van der Waals surface area contributed by atoms with Crippen molar-refractivity contribution in [2.45, 2.75) is 38.2 Å². The van der Waals surface area contributed by atoms with Crippen LogP contribution in [0.15, 0.2) is 41.0 Å². The quantitative estimate of drug-likeness (QED) is 0.884. The van der Waals surface area contributed by atoms with Crippen molar-refractivity contribution in [3.05, 3.63) is 59.0 Å². The molecule has 94 valence electrons. The Morgan fingerprint density at radius 2 is 1.94 bits per heavy atom. The van der Waals surface area contributed by atoms with Crippen LogP contribution in [0, 0.1) is 6.92 Å². The van der Waals surface area contributed by atoms with Gasteiger partial charge in [0.25, 0.3) is 0 Å². The molecule has 1 aliphatic carbocycles. The average molecular weight is 242 g/mol. The SMILES string of the molecule is Cc1occc1C(O)c1ccccc1C1CCC1. The van der Waals surface area contributed by atoms with Crippen LogP contribution in [0.1, 0.15) is 53.7 Å². The van der Waals surface area contributed by atoms with Crippen molar-refractivity contribution in [2.24, 2.45) is 0 Å². The second kappa shape index (κ2) is 4.62. The fourth-order valence-corrected chi connectivity index (χ4v) is 2.70. The van der Waals surface area contributed by atoms with Gasteiger partial charge in [-0.3, -0.25) is 0 Å². The summed E-state index contributed by atoms with van der Waals surface area (Å²) < 4.78 is 5.29. The van der Waals surface area contributed by atoms with Gasteiger partial charge in [0.1, 0.15) is 11.9 Å². The van der Waals surface area contributed by atoms with Crippen LogP contribution in [0.3, 0.4) is 0 Å². The van der Waals surface area contributed by atoms with E-state index in [1.807, 2.05) is 25.1 Å². The summed E-state index contributed by atoms with van der Waals surface area (Å²) in [5.74, 6) is 1.42. The van der Waals surface area contributed by atoms with E-state index >= 15 is 0 Å². The van der Waals surface area contributed by atoms with E-state index in [1.165, 1.54) is 24.8 Å². The number of aliphatic hydroxyl groups is 1. The topological polar surface area (TPSA) is 33.4 Å². The maximum absolute atomic E-state index is 10.6. The standard InChI is InChI=1S/C16H18O2/c1-11-13(9-10-18-11)16(17)15-8-3-2-7-14(15)12-5-4-6-12/h2-3,7-10,12,16-17H,4-6H2,1H3. The molecule has 0 amide bonds. The van der Waals surface area contributed by atoms with E-state index in [9.17, 15) is 5.11 Å². The Bertz CT molecular complexity index is 538. The zero-order chi connectivity index (χ0) is 12.5. The first-order chi connectivity index (χ1) is 8.77. The first-order valence-corrected chi connectivity index (χ1v) is 6.58. The second-order valence-corrected chi connectivity index (χ2v) is 5.09. The summed E-state index contributed by atoms with van der Waals surface area (Å²) in [7, 11) is 0. The summed E-state index contributed by atoms with van der Waals surface area (Å²) in [6.45, 7) is 1.89. The summed E-state index contributed by atoms with van der Waals surface area (Å²) >= 11 is 0. The molecule has 2 heteroatoms. The highest BCUT2D eigenvalue weighted by atomic mass is 16.3. The molecule has 1 heterocycles. The minimum atomic E-state index is -0.569. The lowest BCUT2D eigenvalue weighted by Crippen LogP contribution is -2.13. The number of aliphatic hydroxyl groups excluding tert-OH is 1. The summed E-state index contributed by atoms with van der Waals surface area (Å²) in [6, 6.07) is 10.1. The molecule has 1 aromatic heterocycles. The lowest BCUT2D eigenvalue weighted by Gasteiger charge is -2.29. The molecule has 2 nitrogen and oxygen atoms in total. The van der Waals surface area contributed by atoms with Crippen LogP contribution in [-0.4, -0.2) is 5.11 Å². The van der Waals surface area contributed by atoms with Gasteiger partial charge in [0, 0.05) is 5.56 Å². The number of benzene rings is 1. The second-order valence-electron chi connectivity index (χ2n) is 5.09. The Labute approximate surface area is 107 Å². The van der Waals surface area contributed by atoms with Gasteiger partial charge in [0.05, 0.1) is 6.26 Å². The van der Waals surface area contributed by atoms with Crippen molar-refractivity contribution in [1.29, 1.82) is 0 Å². The Hall–Kier alpha value is -1.54. The van der Waals surface area contributed by atoms with Crippen molar-refractivity contribution >= 4 is 0 Å². The molecule has 3 rings (SSSR count). The molecule has 1 atom stereocenters. The van der Waals surface area contributed by atoms with Crippen LogP contribution in [0.25, 0.3) is 0 Å². The Kier molecular flexibility index (Phi) is 2.96. The normalized spacial score (nSPS) is 17.4. The molecular weight excluding hydrogens is 224 g/mol. The van der Waals surface area contributed by atoms with E-state index in [0.29, 0.717) is 5.92 Å². The predicted octanol–water partition coefficient (Wildman–Crippen LogP) is 3.94. The molecule has 0 radical (unpaired) electrons. The van der Waals surface area contributed by atoms with Gasteiger partial charge in [-0.25, -0.2) is 0 Å². The van der Waals surface area contributed by atoms with Crippen molar-refractivity contribution in [3.63, 3.8) is 0 Å². The molecule has 18 heavy (non-hydrogen) atoms. The van der Waals surface area contributed by atoms with Crippen LogP contribution in [0.5, 0.6) is 0 Å². The summed E-state index contributed by atoms with van der Waals surface area (Å²) in [6.07, 6.45) is 4.86. The van der Waals surface area contributed by atoms with Crippen LogP contribution >= 0.6 is 0 Å². The molecule has 0 spiro atoms. The number of hydrogen-bond acceptors (Lipinski definition) is 2. The number of hydrogen-bond donors (Lipinski definition) is 1. The van der Waals surface area contributed by atoms with Gasteiger partial charge in [0.2, 0.25) is 0 Å². The van der Waals surface area contributed by atoms with Crippen LogP contribution < -0.4 is 0 Å². The lowest BCUT2D eigenvalue weighted by molar-refractivity contribution is 0.214. The van der Waals surface area contributed by atoms with Crippen LogP contribution in [-0.2, 0) is 0 Å². The highest BCUT2D eigenvalue weighted by Crippen LogP contribution is 2.40. The van der Waals surface area contributed by atoms with Crippen molar-refractivity contribution in [3.8, 4) is 0 Å². The smallest absolute Gasteiger partial charge is 0.108 e. The van der Waals surface area contributed by atoms with E-state index in [4.69, 9.17) is 4.42 Å². The third kappa shape index (κ3) is 1.87. The Morgan fingerprint density at radius 3 is 2.56 bits per heavy atom. The van der Waals surface area contributed by atoms with Gasteiger partial charge in [-0.15, -0.1) is 0 Å². The molecule has 1 fully saturated rings. The lowest BCUT2D eigenvalue weighted by atomic mass is 9.77. The molecule has 1 aliphatic rings. The summed E-state index contributed by atoms with van der Waals surface area (Å²) in [5.41, 5.74) is 3.21. The van der Waals surface area contributed by atoms with E-state index in [2.05, 4.69) is 12.1 Å².